The van der Waals surface area contributed by atoms with Crippen LogP contribution >= 0.6 is 0 Å². The molecule has 4 atom stereocenters. The van der Waals surface area contributed by atoms with E-state index in [0.717, 1.165) is 17.0 Å². The van der Waals surface area contributed by atoms with Crippen molar-refractivity contribution in [1.29, 1.82) is 5.26 Å². The number of hydrogen-bond acceptors (Lipinski definition) is 9. The van der Waals surface area contributed by atoms with Crippen LogP contribution in [0.1, 0.15) is 5.56 Å². The van der Waals surface area contributed by atoms with Gasteiger partial charge in [-0.15, -0.1) is 0 Å². The highest BCUT2D eigenvalue weighted by Crippen LogP contribution is 2.30. The first-order chi connectivity index (χ1) is 17.0. The number of nitriles is 1. The number of nitrogens with zero attached hydrogens (tertiary/aromatic N) is 3. The van der Waals surface area contributed by atoms with Crippen molar-refractivity contribution >= 4 is 16.0 Å². The number of benzene rings is 2. The summed E-state index contributed by atoms with van der Waals surface area (Å²) in [6, 6.07) is 16.5. The molecule has 35 heavy (non-hydrogen) atoms. The Bertz CT molecular complexity index is 1360. The molecule has 2 aliphatic rings. The van der Waals surface area contributed by atoms with Gasteiger partial charge < -0.3 is 19.5 Å². The van der Waals surface area contributed by atoms with Crippen molar-refractivity contribution in [1.82, 2.24) is 14.7 Å². The zero-order valence-corrected chi connectivity index (χ0v) is 19.6. The van der Waals surface area contributed by atoms with Crippen LogP contribution in [0.3, 0.4) is 0 Å². The average Bonchev–Trinajstić information content (AvgIpc) is 3.47. The number of anilines is 1. The molecule has 5 rings (SSSR count). The first-order valence-corrected chi connectivity index (χ1v) is 12.5. The van der Waals surface area contributed by atoms with E-state index in [0.29, 0.717) is 12.6 Å². The number of hydrogen-bond donors (Lipinski definition) is 2. The number of fused-ring (bicyclic) bond motifs is 1. The number of aromatic nitrogens is 2. The van der Waals surface area contributed by atoms with E-state index in [1.54, 1.807) is 25.4 Å². The van der Waals surface area contributed by atoms with Gasteiger partial charge >= 0.3 is 0 Å². The third-order valence-corrected chi connectivity index (χ3v) is 7.56. The molecule has 11 heteroatoms. The summed E-state index contributed by atoms with van der Waals surface area (Å²) in [4.78, 5) is 8.84. The number of methoxy groups -OCH3 is 1. The van der Waals surface area contributed by atoms with Gasteiger partial charge in [0.05, 0.1) is 48.6 Å². The van der Waals surface area contributed by atoms with Crippen LogP contribution in [0.15, 0.2) is 65.7 Å². The van der Waals surface area contributed by atoms with Gasteiger partial charge in [0.15, 0.2) is 0 Å². The van der Waals surface area contributed by atoms with Crippen molar-refractivity contribution in [3.8, 4) is 23.1 Å². The fourth-order valence-electron chi connectivity index (χ4n) is 4.30. The minimum Gasteiger partial charge on any atom is -0.497 e. The van der Waals surface area contributed by atoms with E-state index in [4.69, 9.17) is 14.2 Å². The summed E-state index contributed by atoms with van der Waals surface area (Å²) in [5, 5.41) is 12.5. The number of sulfonamides is 1. The van der Waals surface area contributed by atoms with Gasteiger partial charge in [0.25, 0.3) is 0 Å². The predicted octanol–water partition coefficient (Wildman–Crippen LogP) is 1.95. The Labute approximate surface area is 202 Å². The van der Waals surface area contributed by atoms with Crippen LogP contribution < -0.4 is 14.8 Å². The molecule has 2 saturated heterocycles. The minimum atomic E-state index is -3.93. The molecule has 0 amide bonds. The fraction of sp³-hybridized carbons (Fsp3) is 0.292. The molecule has 3 heterocycles. The summed E-state index contributed by atoms with van der Waals surface area (Å²) in [6.45, 7) is 0.451. The highest BCUT2D eigenvalue weighted by Gasteiger charge is 2.49. The van der Waals surface area contributed by atoms with E-state index in [-0.39, 0.29) is 29.2 Å². The van der Waals surface area contributed by atoms with E-state index in [2.05, 4.69) is 20.0 Å². The highest BCUT2D eigenvalue weighted by molar-refractivity contribution is 7.89. The van der Waals surface area contributed by atoms with Crippen LogP contribution in [-0.4, -0.2) is 63.0 Å². The maximum atomic E-state index is 12.9. The molecule has 0 saturated carbocycles. The smallest absolute Gasteiger partial charge is 0.242 e. The van der Waals surface area contributed by atoms with Gasteiger partial charge in [0.1, 0.15) is 24.0 Å². The van der Waals surface area contributed by atoms with Gasteiger partial charge in [-0.25, -0.2) is 23.1 Å². The molecule has 0 spiro atoms. The van der Waals surface area contributed by atoms with Crippen molar-refractivity contribution in [2.45, 2.75) is 29.2 Å². The topological polar surface area (TPSA) is 135 Å². The second-order valence-corrected chi connectivity index (χ2v) is 9.86. The summed E-state index contributed by atoms with van der Waals surface area (Å²) in [5.74, 6) is 1.18. The van der Waals surface area contributed by atoms with E-state index in [1.165, 1.54) is 12.1 Å². The third-order valence-electron chi connectivity index (χ3n) is 6.01. The Hall–Kier alpha value is -3.56. The monoisotopic (exact) mass is 493 g/mol. The zero-order chi connectivity index (χ0) is 24.4. The minimum absolute atomic E-state index is 0.0673. The van der Waals surface area contributed by atoms with Crippen LogP contribution in [0.2, 0.25) is 0 Å². The lowest BCUT2D eigenvalue weighted by atomic mass is 10.1. The standard InChI is InChI=1S/C24H23N5O5S/c1-32-17-8-6-15(7-9-17)18-10-11-26-24(27-18)28-19-13-33-23-20(14-34-22(19)23)29-35(30,31)21-5-3-2-4-16(21)12-25/h2-11,19-20,22-23,29H,13-14H2,1H3,(H,26,27,28)/t19-,20-,22+,23+/m0/s1. The molecule has 2 aromatic carbocycles. The number of rotatable bonds is 7. The summed E-state index contributed by atoms with van der Waals surface area (Å²) in [5.41, 5.74) is 1.74. The lowest BCUT2D eigenvalue weighted by Gasteiger charge is -2.19. The Kier molecular flexibility index (Phi) is 6.36. The Morgan fingerprint density at radius 2 is 1.74 bits per heavy atom. The van der Waals surface area contributed by atoms with E-state index in [9.17, 15) is 13.7 Å². The fourth-order valence-corrected chi connectivity index (χ4v) is 5.69. The van der Waals surface area contributed by atoms with Gasteiger partial charge in [-0.05, 0) is 42.5 Å². The van der Waals surface area contributed by atoms with Gasteiger partial charge in [-0.1, -0.05) is 12.1 Å². The second kappa shape index (κ2) is 9.59. The van der Waals surface area contributed by atoms with Crippen molar-refractivity contribution in [2.75, 3.05) is 25.6 Å². The SMILES string of the molecule is COc1ccc(-c2ccnc(N[C@H]3CO[C@H]4[C@@H]3OC[C@@H]4NS(=O)(=O)c3ccccc3C#N)n2)cc1. The van der Waals surface area contributed by atoms with Crippen LogP contribution in [-0.2, 0) is 19.5 Å². The summed E-state index contributed by atoms with van der Waals surface area (Å²) >= 11 is 0. The first kappa shape index (κ1) is 23.2. The lowest BCUT2D eigenvalue weighted by Crippen LogP contribution is -2.44. The van der Waals surface area contributed by atoms with Crippen LogP contribution in [0, 0.1) is 11.3 Å². The van der Waals surface area contributed by atoms with Crippen molar-refractivity contribution in [3.05, 3.63) is 66.4 Å². The highest BCUT2D eigenvalue weighted by atomic mass is 32.2. The van der Waals surface area contributed by atoms with Crippen LogP contribution in [0.25, 0.3) is 11.3 Å². The van der Waals surface area contributed by atoms with Crippen LogP contribution in [0.5, 0.6) is 5.75 Å². The second-order valence-electron chi connectivity index (χ2n) is 8.18. The number of nitrogens with one attached hydrogen (secondary N) is 2. The molecular formula is C24H23N5O5S. The molecule has 0 radical (unpaired) electrons. The summed E-state index contributed by atoms with van der Waals surface area (Å²) in [6.07, 6.45) is 0.796. The van der Waals surface area contributed by atoms with Crippen molar-refractivity contribution < 1.29 is 22.6 Å². The maximum Gasteiger partial charge on any atom is 0.242 e. The average molecular weight is 494 g/mol. The molecule has 10 nitrogen and oxygen atoms in total. The Morgan fingerprint density at radius 1 is 1.03 bits per heavy atom. The Balaban J connectivity index is 1.27. The summed E-state index contributed by atoms with van der Waals surface area (Å²) < 4.78 is 45.5. The van der Waals surface area contributed by atoms with Gasteiger partial charge in [0, 0.05) is 11.8 Å². The predicted molar refractivity (Wildman–Crippen MR) is 126 cm³/mol. The molecule has 2 fully saturated rings. The van der Waals surface area contributed by atoms with Crippen molar-refractivity contribution in [3.63, 3.8) is 0 Å². The molecule has 0 unspecified atom stereocenters. The normalized spacial score (nSPS) is 23.4. The molecule has 0 aliphatic carbocycles. The molecule has 3 aromatic rings. The van der Waals surface area contributed by atoms with E-state index >= 15 is 0 Å². The molecule has 0 bridgehead atoms. The Morgan fingerprint density at radius 3 is 2.49 bits per heavy atom. The quantitative estimate of drug-likeness (QED) is 0.506. The van der Waals surface area contributed by atoms with Gasteiger partial charge in [-0.3, -0.25) is 0 Å². The largest absolute Gasteiger partial charge is 0.497 e. The molecule has 1 aromatic heterocycles. The van der Waals surface area contributed by atoms with Crippen molar-refractivity contribution in [2.24, 2.45) is 0 Å². The van der Waals surface area contributed by atoms with E-state index < -0.39 is 22.2 Å². The molecular weight excluding hydrogens is 470 g/mol. The van der Waals surface area contributed by atoms with Crippen LogP contribution in [0.4, 0.5) is 5.95 Å². The lowest BCUT2D eigenvalue weighted by molar-refractivity contribution is 0.0690. The molecule has 180 valence electrons. The van der Waals surface area contributed by atoms with Gasteiger partial charge in [0.2, 0.25) is 16.0 Å². The maximum absolute atomic E-state index is 12.9. The van der Waals surface area contributed by atoms with E-state index in [1.807, 2.05) is 36.4 Å². The molecule has 2 aliphatic heterocycles. The molecule has 2 N–H and O–H groups in total. The zero-order valence-electron chi connectivity index (χ0n) is 18.8. The van der Waals surface area contributed by atoms with Gasteiger partial charge in [-0.2, -0.15) is 5.26 Å². The number of ether oxygens (including phenoxy) is 3. The summed E-state index contributed by atoms with van der Waals surface area (Å²) in [7, 11) is -2.31. The third kappa shape index (κ3) is 4.69. The first-order valence-electron chi connectivity index (χ1n) is 11.0.